The van der Waals surface area contributed by atoms with Crippen LogP contribution in [-0.4, -0.2) is 17.6 Å². The fourth-order valence-corrected chi connectivity index (χ4v) is 1.33. The van der Waals surface area contributed by atoms with Gasteiger partial charge in [0.25, 0.3) is 5.91 Å². The van der Waals surface area contributed by atoms with Crippen LogP contribution in [0.5, 0.6) is 5.75 Å². The molecule has 0 fully saturated rings. The Balaban J connectivity index is 2.96. The van der Waals surface area contributed by atoms with E-state index < -0.39 is 5.91 Å². The number of benzene rings is 1. The highest BCUT2D eigenvalue weighted by atomic mass is 16.5. The Labute approximate surface area is 105 Å². The lowest BCUT2D eigenvalue weighted by Gasteiger charge is -2.10. The van der Waals surface area contributed by atoms with Crippen LogP contribution in [0.1, 0.15) is 13.8 Å². The molecule has 0 aliphatic heterocycles. The van der Waals surface area contributed by atoms with E-state index in [0.29, 0.717) is 18.0 Å². The molecule has 0 aliphatic rings. The first kappa shape index (κ1) is 13.6. The van der Waals surface area contributed by atoms with Gasteiger partial charge in [-0.2, -0.15) is 5.26 Å². The third kappa shape index (κ3) is 3.25. The number of nitriles is 1. The molecule has 0 saturated heterocycles. The monoisotopic (exact) mass is 246 g/mol. The van der Waals surface area contributed by atoms with Gasteiger partial charge in [0.05, 0.1) is 12.3 Å². The van der Waals surface area contributed by atoms with Gasteiger partial charge in [-0.3, -0.25) is 4.79 Å². The largest absolute Gasteiger partial charge is 0.511 e. The zero-order valence-corrected chi connectivity index (χ0v) is 10.2. The van der Waals surface area contributed by atoms with Gasteiger partial charge in [0.1, 0.15) is 17.6 Å². The molecule has 0 bridgehead atoms. The van der Waals surface area contributed by atoms with Gasteiger partial charge in [-0.1, -0.05) is 12.1 Å². The minimum atomic E-state index is -0.662. The molecule has 1 amide bonds. The number of ether oxygens (including phenoxy) is 1. The quantitative estimate of drug-likeness (QED) is 0.485. The molecule has 1 aromatic carbocycles. The molecular weight excluding hydrogens is 232 g/mol. The van der Waals surface area contributed by atoms with Crippen molar-refractivity contribution in [1.29, 1.82) is 5.26 Å². The normalized spacial score (nSPS) is 11.2. The van der Waals surface area contributed by atoms with Gasteiger partial charge in [0.15, 0.2) is 5.57 Å². The van der Waals surface area contributed by atoms with Crippen molar-refractivity contribution in [2.45, 2.75) is 13.8 Å². The first-order valence-corrected chi connectivity index (χ1v) is 5.43. The number of aliphatic hydroxyl groups excluding tert-OH is 1. The Morgan fingerprint density at radius 2 is 2.17 bits per heavy atom. The van der Waals surface area contributed by atoms with Crippen LogP contribution in [0.3, 0.4) is 0 Å². The molecule has 0 aliphatic carbocycles. The van der Waals surface area contributed by atoms with Crippen LogP contribution in [0.25, 0.3) is 0 Å². The summed E-state index contributed by atoms with van der Waals surface area (Å²) < 4.78 is 5.34. The summed E-state index contributed by atoms with van der Waals surface area (Å²) in [5, 5.41) is 20.5. The number of amides is 1. The third-order valence-electron chi connectivity index (χ3n) is 2.14. The Morgan fingerprint density at radius 1 is 1.50 bits per heavy atom. The second kappa shape index (κ2) is 6.30. The number of carbonyl (C=O) groups excluding carboxylic acids is 1. The van der Waals surface area contributed by atoms with E-state index in [2.05, 4.69) is 5.32 Å². The lowest BCUT2D eigenvalue weighted by Crippen LogP contribution is -2.15. The average Bonchev–Trinajstić information content (AvgIpc) is 2.32. The molecule has 5 nitrogen and oxygen atoms in total. The molecule has 5 heteroatoms. The number of nitrogens with zero attached hydrogens (tertiary/aromatic N) is 1. The number of allylic oxidation sites excluding steroid dienone is 1. The topological polar surface area (TPSA) is 82.3 Å². The van der Waals surface area contributed by atoms with E-state index in [1.165, 1.54) is 6.92 Å². The molecule has 0 atom stereocenters. The Kier molecular flexibility index (Phi) is 4.76. The molecule has 94 valence electrons. The Bertz CT molecular complexity index is 511. The van der Waals surface area contributed by atoms with E-state index in [4.69, 9.17) is 10.00 Å². The predicted octanol–water partition coefficient (Wildman–Crippen LogP) is 2.38. The molecule has 0 unspecified atom stereocenters. The van der Waals surface area contributed by atoms with E-state index >= 15 is 0 Å². The van der Waals surface area contributed by atoms with Gasteiger partial charge in [0, 0.05) is 0 Å². The van der Waals surface area contributed by atoms with Crippen molar-refractivity contribution in [3.63, 3.8) is 0 Å². The van der Waals surface area contributed by atoms with Crippen LogP contribution in [0.2, 0.25) is 0 Å². The fourth-order valence-electron chi connectivity index (χ4n) is 1.33. The third-order valence-corrected chi connectivity index (χ3v) is 2.14. The Morgan fingerprint density at radius 3 is 2.72 bits per heavy atom. The summed E-state index contributed by atoms with van der Waals surface area (Å²) in [5.74, 6) is -0.463. The van der Waals surface area contributed by atoms with Crippen molar-refractivity contribution in [2.24, 2.45) is 0 Å². The Hall–Kier alpha value is -2.48. The predicted molar refractivity (Wildman–Crippen MR) is 67.2 cm³/mol. The van der Waals surface area contributed by atoms with Crippen LogP contribution in [0, 0.1) is 11.3 Å². The second-order valence-corrected chi connectivity index (χ2v) is 3.46. The molecule has 1 aromatic rings. The van der Waals surface area contributed by atoms with Crippen molar-refractivity contribution in [3.8, 4) is 11.8 Å². The second-order valence-electron chi connectivity index (χ2n) is 3.46. The molecule has 2 N–H and O–H groups in total. The van der Waals surface area contributed by atoms with E-state index in [-0.39, 0.29) is 11.3 Å². The number of nitrogens with one attached hydrogen (secondary N) is 1. The summed E-state index contributed by atoms with van der Waals surface area (Å²) in [6.45, 7) is 3.58. The number of hydrogen-bond donors (Lipinski definition) is 2. The number of rotatable bonds is 4. The van der Waals surface area contributed by atoms with Crippen LogP contribution in [0.4, 0.5) is 5.69 Å². The summed E-state index contributed by atoms with van der Waals surface area (Å²) in [4.78, 5) is 11.7. The lowest BCUT2D eigenvalue weighted by molar-refractivity contribution is -0.112. The van der Waals surface area contributed by atoms with E-state index in [1.807, 2.05) is 6.92 Å². The average molecular weight is 246 g/mol. The van der Waals surface area contributed by atoms with Gasteiger partial charge in [-0.15, -0.1) is 0 Å². The first-order chi connectivity index (χ1) is 8.60. The van der Waals surface area contributed by atoms with Crippen LogP contribution < -0.4 is 10.1 Å². The number of aliphatic hydroxyl groups is 1. The zero-order chi connectivity index (χ0) is 13.5. The van der Waals surface area contributed by atoms with Gasteiger partial charge >= 0.3 is 0 Å². The molecule has 0 radical (unpaired) electrons. The van der Waals surface area contributed by atoms with Crippen molar-refractivity contribution >= 4 is 11.6 Å². The van der Waals surface area contributed by atoms with Crippen molar-refractivity contribution < 1.29 is 14.6 Å². The van der Waals surface area contributed by atoms with Crippen LogP contribution in [-0.2, 0) is 4.79 Å². The van der Waals surface area contributed by atoms with Crippen LogP contribution >= 0.6 is 0 Å². The SMILES string of the molecule is CCOc1ccccc1NC(=O)C(C#N)=C(C)O. The van der Waals surface area contributed by atoms with Gasteiger partial charge in [-0.25, -0.2) is 0 Å². The summed E-state index contributed by atoms with van der Waals surface area (Å²) in [6, 6.07) is 8.53. The van der Waals surface area contributed by atoms with Crippen molar-refractivity contribution in [1.82, 2.24) is 0 Å². The molecule has 1 rings (SSSR count). The highest BCUT2D eigenvalue weighted by Gasteiger charge is 2.14. The minimum Gasteiger partial charge on any atom is -0.511 e. The molecule has 0 heterocycles. The molecule has 0 spiro atoms. The highest BCUT2D eigenvalue weighted by Crippen LogP contribution is 2.24. The lowest BCUT2D eigenvalue weighted by atomic mass is 10.2. The van der Waals surface area contributed by atoms with E-state index in [9.17, 15) is 9.90 Å². The van der Waals surface area contributed by atoms with Crippen molar-refractivity contribution in [2.75, 3.05) is 11.9 Å². The van der Waals surface area contributed by atoms with E-state index in [1.54, 1.807) is 30.3 Å². The highest BCUT2D eigenvalue weighted by molar-refractivity contribution is 6.07. The van der Waals surface area contributed by atoms with Gasteiger partial charge in [-0.05, 0) is 26.0 Å². The van der Waals surface area contributed by atoms with E-state index in [0.717, 1.165) is 0 Å². The number of para-hydroxylation sites is 2. The zero-order valence-electron chi connectivity index (χ0n) is 10.2. The summed E-state index contributed by atoms with van der Waals surface area (Å²) in [5.41, 5.74) is 0.139. The molecule has 0 aromatic heterocycles. The summed E-state index contributed by atoms with van der Waals surface area (Å²) in [6.07, 6.45) is 0. The maximum absolute atomic E-state index is 11.7. The number of anilines is 1. The van der Waals surface area contributed by atoms with Crippen molar-refractivity contribution in [3.05, 3.63) is 35.6 Å². The standard InChI is InChI=1S/C13H14N2O3/c1-3-18-12-7-5-4-6-11(12)15-13(17)10(8-14)9(2)16/h4-7,16H,3H2,1-2H3,(H,15,17). The maximum Gasteiger partial charge on any atom is 0.269 e. The minimum absolute atomic E-state index is 0.316. The first-order valence-electron chi connectivity index (χ1n) is 5.43. The maximum atomic E-state index is 11.7. The van der Waals surface area contributed by atoms with Crippen LogP contribution in [0.15, 0.2) is 35.6 Å². The fraction of sp³-hybridized carbons (Fsp3) is 0.231. The van der Waals surface area contributed by atoms with Gasteiger partial charge in [0.2, 0.25) is 0 Å². The van der Waals surface area contributed by atoms with Gasteiger partial charge < -0.3 is 15.2 Å². The smallest absolute Gasteiger partial charge is 0.269 e. The molecule has 18 heavy (non-hydrogen) atoms. The molecule has 0 saturated carbocycles. The number of carbonyl (C=O) groups is 1. The summed E-state index contributed by atoms with van der Waals surface area (Å²) >= 11 is 0. The molecular formula is C13H14N2O3. The summed E-state index contributed by atoms with van der Waals surface area (Å²) in [7, 11) is 0. The number of hydrogen-bond acceptors (Lipinski definition) is 4.